The third-order valence-corrected chi connectivity index (χ3v) is 4.29. The molecule has 0 fully saturated rings. The van der Waals surface area contributed by atoms with Gasteiger partial charge in [0.05, 0.1) is 18.5 Å². The first kappa shape index (κ1) is 16.9. The van der Waals surface area contributed by atoms with Crippen molar-refractivity contribution in [1.29, 1.82) is 0 Å². The van der Waals surface area contributed by atoms with Crippen LogP contribution in [0, 0.1) is 6.92 Å². The minimum absolute atomic E-state index is 0.0253. The van der Waals surface area contributed by atoms with E-state index in [2.05, 4.69) is 0 Å². The first-order chi connectivity index (χ1) is 9.37. The van der Waals surface area contributed by atoms with Crippen molar-refractivity contribution in [3.05, 3.63) is 29.8 Å². The molecule has 0 aliphatic carbocycles. The monoisotopic (exact) mass is 301 g/mol. The average Bonchev–Trinajstić information content (AvgIpc) is 2.38. The van der Waals surface area contributed by atoms with Crippen LogP contribution in [0.1, 0.15) is 25.3 Å². The number of aryl methyl sites for hydroxylation is 1. The second kappa shape index (κ2) is 7.55. The molecule has 0 saturated heterocycles. The van der Waals surface area contributed by atoms with Gasteiger partial charge in [-0.05, 0) is 31.9 Å². The molecular weight excluding hydrogens is 281 g/mol. The zero-order chi connectivity index (χ0) is 15.2. The molecule has 0 bridgehead atoms. The molecule has 1 aromatic rings. The first-order valence-corrected chi connectivity index (χ1v) is 8.17. The quantitative estimate of drug-likeness (QED) is 0.459. The van der Waals surface area contributed by atoms with Gasteiger partial charge in [0.2, 0.25) is 0 Å². The Labute approximate surface area is 118 Å². The number of para-hydroxylation sites is 1. The Bertz CT molecular complexity index is 505. The van der Waals surface area contributed by atoms with E-state index in [1.807, 2.05) is 0 Å². The summed E-state index contributed by atoms with van der Waals surface area (Å²) in [6, 6.07) is 6.93. The van der Waals surface area contributed by atoms with Crippen molar-refractivity contribution in [2.75, 3.05) is 17.8 Å². The molecule has 0 saturated carbocycles. The maximum Gasteiger partial charge on any atom is 0.328 e. The third kappa shape index (κ3) is 5.06. The molecule has 20 heavy (non-hydrogen) atoms. The molecule has 1 atom stereocenters. The van der Waals surface area contributed by atoms with Gasteiger partial charge in [-0.3, -0.25) is 14.6 Å². The SMILES string of the molecule is CCOP(=O)(O)CCCC(=O)N(O)c1ccccc1C. The van der Waals surface area contributed by atoms with E-state index >= 15 is 0 Å². The molecule has 0 radical (unpaired) electrons. The molecule has 112 valence electrons. The van der Waals surface area contributed by atoms with Crippen LogP contribution >= 0.6 is 7.60 Å². The molecule has 6 nitrogen and oxygen atoms in total. The van der Waals surface area contributed by atoms with Crippen LogP contribution in [0.15, 0.2) is 24.3 Å². The van der Waals surface area contributed by atoms with Crippen LogP contribution in [0.25, 0.3) is 0 Å². The van der Waals surface area contributed by atoms with Crippen LogP contribution in [-0.4, -0.2) is 28.8 Å². The van der Waals surface area contributed by atoms with Gasteiger partial charge in [0, 0.05) is 6.42 Å². The average molecular weight is 301 g/mol. The summed E-state index contributed by atoms with van der Waals surface area (Å²) in [5.41, 5.74) is 1.18. The lowest BCUT2D eigenvalue weighted by molar-refractivity contribution is -0.123. The fourth-order valence-corrected chi connectivity index (χ4v) is 2.83. The Balaban J connectivity index is 2.52. The number of anilines is 1. The van der Waals surface area contributed by atoms with E-state index < -0.39 is 13.5 Å². The number of hydroxylamine groups is 1. The summed E-state index contributed by atoms with van der Waals surface area (Å²) < 4.78 is 16.1. The molecule has 1 rings (SSSR count). The van der Waals surface area contributed by atoms with Crippen molar-refractivity contribution in [3.63, 3.8) is 0 Å². The number of hydrogen-bond acceptors (Lipinski definition) is 4. The standard InChI is InChI=1S/C13H20NO5P/c1-3-19-20(17,18)10-6-9-13(15)14(16)12-8-5-4-7-11(12)2/h4-5,7-8,16H,3,6,9-10H2,1-2H3,(H,17,18). The zero-order valence-corrected chi connectivity index (χ0v) is 12.5. The van der Waals surface area contributed by atoms with E-state index in [0.717, 1.165) is 5.56 Å². The highest BCUT2D eigenvalue weighted by Gasteiger charge is 2.20. The summed E-state index contributed by atoms with van der Waals surface area (Å²) in [7, 11) is -3.61. The minimum atomic E-state index is -3.61. The fraction of sp³-hybridized carbons (Fsp3) is 0.462. The summed E-state index contributed by atoms with van der Waals surface area (Å²) in [5.74, 6) is -0.518. The molecule has 0 aliphatic rings. The van der Waals surface area contributed by atoms with Crippen molar-refractivity contribution < 1.29 is 24.0 Å². The molecule has 0 aliphatic heterocycles. The van der Waals surface area contributed by atoms with Crippen molar-refractivity contribution in [2.24, 2.45) is 0 Å². The van der Waals surface area contributed by atoms with E-state index in [0.29, 0.717) is 10.8 Å². The molecule has 0 spiro atoms. The number of benzene rings is 1. The molecule has 0 aromatic heterocycles. The highest BCUT2D eigenvalue weighted by molar-refractivity contribution is 7.52. The van der Waals surface area contributed by atoms with Gasteiger partial charge in [0.1, 0.15) is 0 Å². The molecule has 1 amide bonds. The fourth-order valence-electron chi connectivity index (χ4n) is 1.74. The normalized spacial score (nSPS) is 13.8. The van der Waals surface area contributed by atoms with Crippen molar-refractivity contribution in [1.82, 2.24) is 0 Å². The lowest BCUT2D eigenvalue weighted by atomic mass is 10.2. The van der Waals surface area contributed by atoms with Crippen LogP contribution in [0.3, 0.4) is 0 Å². The van der Waals surface area contributed by atoms with Gasteiger partial charge in [-0.2, -0.15) is 5.06 Å². The van der Waals surface area contributed by atoms with E-state index in [-0.39, 0.29) is 25.6 Å². The number of hydrogen-bond donors (Lipinski definition) is 2. The molecule has 1 unspecified atom stereocenters. The van der Waals surface area contributed by atoms with E-state index in [1.54, 1.807) is 38.1 Å². The Morgan fingerprint density at radius 2 is 2.05 bits per heavy atom. The number of nitrogens with zero attached hydrogens (tertiary/aromatic N) is 1. The summed E-state index contributed by atoms with van der Waals surface area (Å²) in [6.07, 6.45) is 0.0478. The second-order valence-corrected chi connectivity index (χ2v) is 6.35. The van der Waals surface area contributed by atoms with Crippen LogP contribution in [0.2, 0.25) is 0 Å². The number of carbonyl (C=O) groups is 1. The van der Waals surface area contributed by atoms with Gasteiger partial charge >= 0.3 is 7.60 Å². The zero-order valence-electron chi connectivity index (χ0n) is 11.7. The highest BCUT2D eigenvalue weighted by Crippen LogP contribution is 2.42. The maximum absolute atomic E-state index is 11.8. The van der Waals surface area contributed by atoms with Gasteiger partial charge in [-0.25, -0.2) is 0 Å². The van der Waals surface area contributed by atoms with Crippen LogP contribution in [0.5, 0.6) is 0 Å². The summed E-state index contributed by atoms with van der Waals surface area (Å²) in [4.78, 5) is 21.2. The summed E-state index contributed by atoms with van der Waals surface area (Å²) in [5, 5.41) is 10.4. The Morgan fingerprint density at radius 1 is 1.40 bits per heavy atom. The van der Waals surface area contributed by atoms with Crippen molar-refractivity contribution in [2.45, 2.75) is 26.7 Å². The van der Waals surface area contributed by atoms with Crippen molar-refractivity contribution in [3.8, 4) is 0 Å². The Hall–Kier alpha value is -1.20. The van der Waals surface area contributed by atoms with Crippen LogP contribution in [-0.2, 0) is 13.9 Å². The molecule has 0 heterocycles. The van der Waals surface area contributed by atoms with Crippen LogP contribution in [0.4, 0.5) is 5.69 Å². The molecule has 1 aromatic carbocycles. The smallest absolute Gasteiger partial charge is 0.324 e. The van der Waals surface area contributed by atoms with Gasteiger partial charge in [-0.1, -0.05) is 18.2 Å². The molecule has 2 N–H and O–H groups in total. The Kier molecular flexibility index (Phi) is 6.36. The van der Waals surface area contributed by atoms with Gasteiger partial charge in [0.15, 0.2) is 0 Å². The Morgan fingerprint density at radius 3 is 2.65 bits per heavy atom. The van der Waals surface area contributed by atoms with Crippen molar-refractivity contribution >= 4 is 19.2 Å². The van der Waals surface area contributed by atoms with Gasteiger partial charge < -0.3 is 9.42 Å². The topological polar surface area (TPSA) is 87.1 Å². The second-order valence-electron chi connectivity index (χ2n) is 4.37. The predicted molar refractivity (Wildman–Crippen MR) is 76.0 cm³/mol. The first-order valence-electron chi connectivity index (χ1n) is 6.41. The van der Waals surface area contributed by atoms with Crippen LogP contribution < -0.4 is 5.06 Å². The van der Waals surface area contributed by atoms with E-state index in [1.165, 1.54) is 0 Å². The van der Waals surface area contributed by atoms with E-state index in [4.69, 9.17) is 4.52 Å². The number of amides is 1. The molecular formula is C13H20NO5P. The van der Waals surface area contributed by atoms with Gasteiger partial charge in [-0.15, -0.1) is 0 Å². The largest absolute Gasteiger partial charge is 0.328 e. The highest BCUT2D eigenvalue weighted by atomic mass is 31.2. The molecule has 7 heteroatoms. The minimum Gasteiger partial charge on any atom is -0.324 e. The summed E-state index contributed by atoms with van der Waals surface area (Å²) in [6.45, 7) is 3.56. The predicted octanol–water partition coefficient (Wildman–Crippen LogP) is 2.72. The number of carbonyl (C=O) groups excluding carboxylic acids is 1. The third-order valence-electron chi connectivity index (χ3n) is 2.74. The number of rotatable bonds is 7. The van der Waals surface area contributed by atoms with E-state index in [9.17, 15) is 19.5 Å². The summed E-state index contributed by atoms with van der Waals surface area (Å²) >= 11 is 0. The lowest BCUT2D eigenvalue weighted by Gasteiger charge is -2.17. The van der Waals surface area contributed by atoms with Gasteiger partial charge in [0.25, 0.3) is 5.91 Å². The maximum atomic E-state index is 11.8. The lowest BCUT2D eigenvalue weighted by Crippen LogP contribution is -2.27.